The number of aryl methyl sites for hydroxylation is 1. The van der Waals surface area contributed by atoms with Crippen LogP contribution >= 0.6 is 0 Å². The fourth-order valence-electron chi connectivity index (χ4n) is 2.86. The van der Waals surface area contributed by atoms with Gasteiger partial charge in [0.15, 0.2) is 0 Å². The molecule has 0 aliphatic carbocycles. The summed E-state index contributed by atoms with van der Waals surface area (Å²) in [5.74, 6) is 0.231. The number of ether oxygens (including phenoxy) is 2. The van der Waals surface area contributed by atoms with Crippen molar-refractivity contribution in [1.29, 1.82) is 0 Å². The minimum Gasteiger partial charge on any atom is -0.493 e. The number of benzene rings is 2. The van der Waals surface area contributed by atoms with Crippen LogP contribution in [0.5, 0.6) is 5.75 Å². The summed E-state index contributed by atoms with van der Waals surface area (Å²) >= 11 is 0. The first kappa shape index (κ1) is 18.4. The largest absolute Gasteiger partial charge is 0.493 e. The topological polar surface area (TPSA) is 81.7 Å². The number of nitrogens with one attached hydrogen (secondary N) is 1. The molecule has 3 rings (SSSR count). The molecule has 0 aromatic heterocycles. The molecule has 0 saturated heterocycles. The second-order valence-electron chi connectivity index (χ2n) is 6.23. The van der Waals surface area contributed by atoms with Crippen LogP contribution in [-0.2, 0) is 26.0 Å². The zero-order chi connectivity index (χ0) is 18.7. The molecule has 0 fully saturated rings. The van der Waals surface area contributed by atoms with Crippen molar-refractivity contribution in [3.05, 3.63) is 59.2 Å². The standard InChI is InChI=1S/C19H21NO5S/c1-13-3-5-14(6-4-13)17(12-19(21)24-2)20-26(22,23)16-7-8-18-15(11-16)9-10-25-18/h3-8,11,17,20H,9-10,12H2,1-2H3/t17-/m1/s1. The van der Waals surface area contributed by atoms with Gasteiger partial charge in [0, 0.05) is 6.42 Å². The number of rotatable bonds is 6. The van der Waals surface area contributed by atoms with Crippen LogP contribution < -0.4 is 9.46 Å². The highest BCUT2D eigenvalue weighted by molar-refractivity contribution is 7.89. The van der Waals surface area contributed by atoms with E-state index < -0.39 is 22.0 Å². The molecule has 1 aliphatic rings. The molecule has 2 aromatic rings. The number of carbonyl (C=O) groups excluding carboxylic acids is 1. The molecule has 138 valence electrons. The molecular formula is C19H21NO5S. The SMILES string of the molecule is COC(=O)C[C@@H](NS(=O)(=O)c1ccc2c(c1)CCO2)c1ccc(C)cc1. The van der Waals surface area contributed by atoms with E-state index in [9.17, 15) is 13.2 Å². The number of sulfonamides is 1. The Morgan fingerprint density at radius 1 is 1.23 bits per heavy atom. The lowest BCUT2D eigenvalue weighted by atomic mass is 10.0. The first-order chi connectivity index (χ1) is 12.4. The molecule has 0 bridgehead atoms. The van der Waals surface area contributed by atoms with E-state index in [1.807, 2.05) is 31.2 Å². The predicted molar refractivity (Wildman–Crippen MR) is 96.5 cm³/mol. The maximum Gasteiger partial charge on any atom is 0.307 e. The van der Waals surface area contributed by atoms with Gasteiger partial charge in [-0.25, -0.2) is 13.1 Å². The molecule has 1 aliphatic heterocycles. The van der Waals surface area contributed by atoms with E-state index >= 15 is 0 Å². The fourth-order valence-corrected chi connectivity index (χ4v) is 4.14. The van der Waals surface area contributed by atoms with Gasteiger partial charge in [0.1, 0.15) is 5.75 Å². The summed E-state index contributed by atoms with van der Waals surface area (Å²) in [6.45, 7) is 2.50. The van der Waals surface area contributed by atoms with Crippen molar-refractivity contribution in [2.24, 2.45) is 0 Å². The fraction of sp³-hybridized carbons (Fsp3) is 0.316. The maximum absolute atomic E-state index is 12.8. The third kappa shape index (κ3) is 4.05. The molecule has 0 unspecified atom stereocenters. The molecule has 0 saturated carbocycles. The lowest BCUT2D eigenvalue weighted by Gasteiger charge is -2.19. The van der Waals surface area contributed by atoms with E-state index in [1.165, 1.54) is 13.2 Å². The van der Waals surface area contributed by atoms with Gasteiger partial charge in [-0.3, -0.25) is 4.79 Å². The van der Waals surface area contributed by atoms with Crippen LogP contribution in [0.15, 0.2) is 47.4 Å². The first-order valence-corrected chi connectivity index (χ1v) is 9.79. The molecule has 26 heavy (non-hydrogen) atoms. The average Bonchev–Trinajstić information content (AvgIpc) is 3.09. The van der Waals surface area contributed by atoms with Crippen molar-refractivity contribution in [2.75, 3.05) is 13.7 Å². The Labute approximate surface area is 153 Å². The number of esters is 1. The number of methoxy groups -OCH3 is 1. The van der Waals surface area contributed by atoms with Gasteiger partial charge in [0.05, 0.1) is 31.1 Å². The zero-order valence-electron chi connectivity index (χ0n) is 14.7. The van der Waals surface area contributed by atoms with E-state index in [0.717, 1.165) is 11.1 Å². The monoisotopic (exact) mass is 375 g/mol. The van der Waals surface area contributed by atoms with Crippen LogP contribution in [0.1, 0.15) is 29.2 Å². The highest BCUT2D eigenvalue weighted by Gasteiger charge is 2.25. The molecule has 1 N–H and O–H groups in total. The van der Waals surface area contributed by atoms with Gasteiger partial charge < -0.3 is 9.47 Å². The van der Waals surface area contributed by atoms with Gasteiger partial charge in [-0.15, -0.1) is 0 Å². The Hall–Kier alpha value is -2.38. The van der Waals surface area contributed by atoms with Crippen molar-refractivity contribution >= 4 is 16.0 Å². The molecule has 6 nitrogen and oxygen atoms in total. The summed E-state index contributed by atoms with van der Waals surface area (Å²) < 4.78 is 38.5. The summed E-state index contributed by atoms with van der Waals surface area (Å²) in [4.78, 5) is 11.9. The lowest BCUT2D eigenvalue weighted by molar-refractivity contribution is -0.141. The van der Waals surface area contributed by atoms with Crippen molar-refractivity contribution in [3.63, 3.8) is 0 Å². The lowest BCUT2D eigenvalue weighted by Crippen LogP contribution is -2.30. The number of carbonyl (C=O) groups is 1. The third-order valence-electron chi connectivity index (χ3n) is 4.35. The maximum atomic E-state index is 12.8. The minimum atomic E-state index is -3.81. The van der Waals surface area contributed by atoms with Gasteiger partial charge in [0.25, 0.3) is 0 Å². The molecule has 0 spiro atoms. The normalized spacial score (nSPS) is 14.4. The quantitative estimate of drug-likeness (QED) is 0.785. The van der Waals surface area contributed by atoms with Gasteiger partial charge in [-0.05, 0) is 36.2 Å². The summed E-state index contributed by atoms with van der Waals surface area (Å²) in [7, 11) is -2.53. The summed E-state index contributed by atoms with van der Waals surface area (Å²) in [5.41, 5.74) is 2.62. The molecule has 1 atom stereocenters. The van der Waals surface area contributed by atoms with Gasteiger partial charge in [-0.2, -0.15) is 0 Å². The van der Waals surface area contributed by atoms with Gasteiger partial charge >= 0.3 is 5.97 Å². The Morgan fingerprint density at radius 3 is 2.65 bits per heavy atom. The second kappa shape index (κ2) is 7.47. The van der Waals surface area contributed by atoms with Crippen molar-refractivity contribution < 1.29 is 22.7 Å². The number of hydrogen-bond acceptors (Lipinski definition) is 5. The third-order valence-corrected chi connectivity index (χ3v) is 5.82. The van der Waals surface area contributed by atoms with Crippen molar-refractivity contribution in [3.8, 4) is 5.75 Å². The van der Waals surface area contributed by atoms with Crippen LogP contribution in [0.3, 0.4) is 0 Å². The van der Waals surface area contributed by atoms with Gasteiger partial charge in [0.2, 0.25) is 10.0 Å². The molecule has 7 heteroatoms. The molecule has 0 amide bonds. The van der Waals surface area contributed by atoms with Crippen LogP contribution in [0.2, 0.25) is 0 Å². The van der Waals surface area contributed by atoms with Crippen LogP contribution in [-0.4, -0.2) is 28.1 Å². The number of fused-ring (bicyclic) bond motifs is 1. The molecule has 0 radical (unpaired) electrons. The highest BCUT2D eigenvalue weighted by Crippen LogP contribution is 2.28. The first-order valence-electron chi connectivity index (χ1n) is 8.30. The zero-order valence-corrected chi connectivity index (χ0v) is 15.5. The van der Waals surface area contributed by atoms with E-state index in [0.29, 0.717) is 24.3 Å². The molecular weight excluding hydrogens is 354 g/mol. The number of hydrogen-bond donors (Lipinski definition) is 1. The van der Waals surface area contributed by atoms with Crippen LogP contribution in [0.25, 0.3) is 0 Å². The Kier molecular flexibility index (Phi) is 5.29. The van der Waals surface area contributed by atoms with E-state index in [4.69, 9.17) is 9.47 Å². The second-order valence-corrected chi connectivity index (χ2v) is 7.95. The molecule has 1 heterocycles. The Morgan fingerprint density at radius 2 is 1.96 bits per heavy atom. The van der Waals surface area contributed by atoms with Crippen molar-refractivity contribution in [2.45, 2.75) is 30.7 Å². The Bertz CT molecular complexity index is 906. The van der Waals surface area contributed by atoms with E-state index in [2.05, 4.69) is 4.72 Å². The summed E-state index contributed by atoms with van der Waals surface area (Å²) in [5, 5.41) is 0. The minimum absolute atomic E-state index is 0.0904. The smallest absolute Gasteiger partial charge is 0.307 e. The Balaban J connectivity index is 1.89. The highest BCUT2D eigenvalue weighted by atomic mass is 32.2. The summed E-state index contributed by atoms with van der Waals surface area (Å²) in [6, 6.07) is 11.5. The van der Waals surface area contributed by atoms with E-state index in [-0.39, 0.29) is 11.3 Å². The average molecular weight is 375 g/mol. The molecule has 2 aromatic carbocycles. The van der Waals surface area contributed by atoms with E-state index in [1.54, 1.807) is 12.1 Å². The predicted octanol–water partition coefficient (Wildman–Crippen LogP) is 2.51. The van der Waals surface area contributed by atoms with Crippen LogP contribution in [0.4, 0.5) is 0 Å². The van der Waals surface area contributed by atoms with Crippen molar-refractivity contribution in [1.82, 2.24) is 4.72 Å². The van der Waals surface area contributed by atoms with Crippen LogP contribution in [0, 0.1) is 6.92 Å². The van der Waals surface area contributed by atoms with Gasteiger partial charge in [-0.1, -0.05) is 29.8 Å². The summed E-state index contributed by atoms with van der Waals surface area (Å²) in [6.07, 6.45) is 0.592.